The van der Waals surface area contributed by atoms with Gasteiger partial charge in [0.2, 0.25) is 11.1 Å². The van der Waals surface area contributed by atoms with Crippen LogP contribution in [0.1, 0.15) is 0 Å². The molecule has 104 valence electrons. The van der Waals surface area contributed by atoms with Crippen molar-refractivity contribution >= 4 is 34.5 Å². The van der Waals surface area contributed by atoms with E-state index < -0.39 is 4.92 Å². The van der Waals surface area contributed by atoms with Crippen molar-refractivity contribution in [3.05, 3.63) is 45.9 Å². The fourth-order valence-electron chi connectivity index (χ4n) is 1.68. The zero-order valence-electron chi connectivity index (χ0n) is 10.9. The number of rotatable bonds is 4. The van der Waals surface area contributed by atoms with Gasteiger partial charge in [-0.15, -0.1) is 0 Å². The van der Waals surface area contributed by atoms with E-state index in [1.807, 2.05) is 37.2 Å². The van der Waals surface area contributed by atoms with Gasteiger partial charge in [-0.25, -0.2) is 4.98 Å². The minimum absolute atomic E-state index is 0.0552. The van der Waals surface area contributed by atoms with Crippen LogP contribution in [0.3, 0.4) is 0 Å². The molecule has 1 aromatic carbocycles. The maximum absolute atomic E-state index is 11.0. The summed E-state index contributed by atoms with van der Waals surface area (Å²) in [5.41, 5.74) is 1.33. The van der Waals surface area contributed by atoms with Crippen molar-refractivity contribution in [3.8, 4) is 0 Å². The maximum atomic E-state index is 11.0. The molecule has 1 aromatic heterocycles. The first kappa shape index (κ1) is 14.0. The number of para-hydroxylation sites is 2. The molecule has 2 rings (SSSR count). The van der Waals surface area contributed by atoms with Crippen LogP contribution in [0.4, 0.5) is 22.9 Å². The molecular formula is C12H12ClN5O2. The number of benzene rings is 1. The Morgan fingerprint density at radius 2 is 2.05 bits per heavy atom. The molecule has 20 heavy (non-hydrogen) atoms. The smallest absolute Gasteiger partial charge is 0.329 e. The first-order chi connectivity index (χ1) is 9.49. The van der Waals surface area contributed by atoms with Crippen LogP contribution >= 0.6 is 11.6 Å². The topological polar surface area (TPSA) is 84.2 Å². The molecule has 0 aliphatic rings. The van der Waals surface area contributed by atoms with Crippen LogP contribution in [-0.2, 0) is 0 Å². The molecule has 0 fully saturated rings. The normalized spacial score (nSPS) is 10.2. The van der Waals surface area contributed by atoms with Crippen LogP contribution in [0.5, 0.6) is 0 Å². The molecule has 0 bridgehead atoms. The zero-order valence-corrected chi connectivity index (χ0v) is 11.6. The second-order valence-corrected chi connectivity index (χ2v) is 4.50. The monoisotopic (exact) mass is 293 g/mol. The highest BCUT2D eigenvalue weighted by Gasteiger charge is 2.18. The van der Waals surface area contributed by atoms with Crippen LogP contribution in [0, 0.1) is 10.1 Å². The van der Waals surface area contributed by atoms with Crippen molar-refractivity contribution in [1.82, 2.24) is 9.97 Å². The quantitative estimate of drug-likeness (QED) is 0.530. The summed E-state index contributed by atoms with van der Waals surface area (Å²) in [6.07, 6.45) is 1.08. The lowest BCUT2D eigenvalue weighted by Gasteiger charge is -2.17. The Balaban J connectivity index is 2.45. The van der Waals surface area contributed by atoms with Crippen LogP contribution < -0.4 is 10.2 Å². The Bertz CT molecular complexity index is 647. The van der Waals surface area contributed by atoms with Gasteiger partial charge < -0.3 is 10.2 Å². The summed E-state index contributed by atoms with van der Waals surface area (Å²) in [5.74, 6) is 0.0595. The molecule has 1 heterocycles. The minimum atomic E-state index is -0.559. The van der Waals surface area contributed by atoms with E-state index in [0.717, 1.165) is 11.9 Å². The van der Waals surface area contributed by atoms with Crippen molar-refractivity contribution in [2.24, 2.45) is 0 Å². The third-order valence-electron chi connectivity index (χ3n) is 2.58. The van der Waals surface area contributed by atoms with Gasteiger partial charge in [-0.3, -0.25) is 10.1 Å². The fourth-order valence-corrected chi connectivity index (χ4v) is 1.81. The molecule has 0 saturated heterocycles. The number of hydrogen-bond donors (Lipinski definition) is 1. The van der Waals surface area contributed by atoms with Gasteiger partial charge in [-0.05, 0) is 23.7 Å². The van der Waals surface area contributed by atoms with Crippen molar-refractivity contribution in [3.63, 3.8) is 0 Å². The number of aromatic nitrogens is 2. The lowest BCUT2D eigenvalue weighted by Crippen LogP contribution is -2.11. The number of halogens is 1. The molecule has 0 radical (unpaired) electrons. The number of hydrogen-bond acceptors (Lipinski definition) is 6. The summed E-state index contributed by atoms with van der Waals surface area (Å²) in [7, 11) is 3.75. The van der Waals surface area contributed by atoms with E-state index in [0.29, 0.717) is 5.69 Å². The minimum Gasteiger partial charge on any atom is -0.376 e. The average molecular weight is 294 g/mol. The lowest BCUT2D eigenvalue weighted by molar-refractivity contribution is -0.384. The Labute approximate surface area is 120 Å². The molecule has 7 nitrogen and oxygen atoms in total. The number of nitrogens with one attached hydrogen (secondary N) is 1. The largest absolute Gasteiger partial charge is 0.376 e. The Morgan fingerprint density at radius 1 is 1.35 bits per heavy atom. The summed E-state index contributed by atoms with van der Waals surface area (Å²) >= 11 is 5.69. The Hall–Kier alpha value is -2.41. The molecule has 0 aliphatic carbocycles. The van der Waals surface area contributed by atoms with E-state index in [1.165, 1.54) is 0 Å². The van der Waals surface area contributed by atoms with Crippen molar-refractivity contribution in [2.45, 2.75) is 0 Å². The first-order valence-electron chi connectivity index (χ1n) is 5.69. The highest BCUT2D eigenvalue weighted by atomic mass is 35.5. The standard InChI is InChI=1S/C12H12ClN5O2/c1-17(2)9-6-4-3-5-8(9)15-11-10(18(19)20)7-14-12(13)16-11/h3-7H,1-2H3,(H,14,15,16). The molecule has 8 heteroatoms. The van der Waals surface area contributed by atoms with Gasteiger partial charge in [0.25, 0.3) is 0 Å². The van der Waals surface area contributed by atoms with E-state index in [4.69, 9.17) is 11.6 Å². The van der Waals surface area contributed by atoms with Crippen molar-refractivity contribution in [1.29, 1.82) is 0 Å². The SMILES string of the molecule is CN(C)c1ccccc1Nc1nc(Cl)ncc1[N+](=O)[O-]. The van der Waals surface area contributed by atoms with Gasteiger partial charge in [-0.1, -0.05) is 12.1 Å². The summed E-state index contributed by atoms with van der Waals surface area (Å²) in [5, 5.41) is 13.8. The number of nitro groups is 1. The molecule has 2 aromatic rings. The Kier molecular flexibility index (Phi) is 3.99. The molecule has 0 unspecified atom stereocenters. The van der Waals surface area contributed by atoms with Crippen LogP contribution in [-0.4, -0.2) is 29.0 Å². The predicted molar refractivity (Wildman–Crippen MR) is 77.7 cm³/mol. The summed E-state index contributed by atoms with van der Waals surface area (Å²) in [6, 6.07) is 7.39. The van der Waals surface area contributed by atoms with E-state index in [2.05, 4.69) is 15.3 Å². The van der Waals surface area contributed by atoms with Crippen molar-refractivity contribution in [2.75, 3.05) is 24.3 Å². The highest BCUT2D eigenvalue weighted by molar-refractivity contribution is 6.28. The second-order valence-electron chi connectivity index (χ2n) is 4.17. The van der Waals surface area contributed by atoms with E-state index in [-0.39, 0.29) is 16.8 Å². The molecule has 0 spiro atoms. The fraction of sp³-hybridized carbons (Fsp3) is 0.167. The number of anilines is 3. The van der Waals surface area contributed by atoms with Gasteiger partial charge in [0.05, 0.1) is 16.3 Å². The van der Waals surface area contributed by atoms with Crippen LogP contribution in [0.15, 0.2) is 30.5 Å². The van der Waals surface area contributed by atoms with Crippen LogP contribution in [0.2, 0.25) is 5.28 Å². The van der Waals surface area contributed by atoms with Crippen molar-refractivity contribution < 1.29 is 4.92 Å². The van der Waals surface area contributed by atoms with Gasteiger partial charge >= 0.3 is 5.69 Å². The van der Waals surface area contributed by atoms with E-state index >= 15 is 0 Å². The summed E-state index contributed by atoms with van der Waals surface area (Å²) in [6.45, 7) is 0. The van der Waals surface area contributed by atoms with Gasteiger partial charge in [0, 0.05) is 14.1 Å². The third-order valence-corrected chi connectivity index (χ3v) is 2.76. The molecule has 0 atom stereocenters. The first-order valence-corrected chi connectivity index (χ1v) is 6.07. The zero-order chi connectivity index (χ0) is 14.7. The number of nitrogens with zero attached hydrogens (tertiary/aromatic N) is 4. The molecule has 0 aliphatic heterocycles. The maximum Gasteiger partial charge on any atom is 0.329 e. The average Bonchev–Trinajstić information content (AvgIpc) is 2.38. The van der Waals surface area contributed by atoms with Crippen LogP contribution in [0.25, 0.3) is 0 Å². The summed E-state index contributed by atoms with van der Waals surface area (Å²) in [4.78, 5) is 19.8. The van der Waals surface area contributed by atoms with Gasteiger partial charge in [0.1, 0.15) is 6.20 Å². The van der Waals surface area contributed by atoms with E-state index in [9.17, 15) is 10.1 Å². The highest BCUT2D eigenvalue weighted by Crippen LogP contribution is 2.30. The summed E-state index contributed by atoms with van der Waals surface area (Å²) < 4.78 is 0. The van der Waals surface area contributed by atoms with E-state index in [1.54, 1.807) is 6.07 Å². The second kappa shape index (κ2) is 5.70. The lowest BCUT2D eigenvalue weighted by atomic mass is 10.2. The molecule has 0 amide bonds. The predicted octanol–water partition coefficient (Wildman–Crippen LogP) is 2.85. The molecule has 0 saturated carbocycles. The molecule has 1 N–H and O–H groups in total. The van der Waals surface area contributed by atoms with Gasteiger partial charge in [0.15, 0.2) is 0 Å². The third kappa shape index (κ3) is 2.94. The molecular weight excluding hydrogens is 282 g/mol. The van der Waals surface area contributed by atoms with Gasteiger partial charge in [-0.2, -0.15) is 4.98 Å². The Morgan fingerprint density at radius 3 is 2.70 bits per heavy atom.